The Morgan fingerprint density at radius 1 is 0.759 bits per heavy atom. The average molecular weight is 741 g/mol. The van der Waals surface area contributed by atoms with Crippen molar-refractivity contribution in [2.24, 2.45) is 11.8 Å². The number of aldehydes is 1. The maximum absolute atomic E-state index is 9.49. The summed E-state index contributed by atoms with van der Waals surface area (Å²) in [6.45, 7) is 18.4. The lowest BCUT2D eigenvalue weighted by Crippen LogP contribution is -2.22. The largest absolute Gasteiger partial charge is 0.400 e. The van der Waals surface area contributed by atoms with E-state index in [0.29, 0.717) is 18.8 Å². The third kappa shape index (κ3) is 16.4. The van der Waals surface area contributed by atoms with E-state index in [4.69, 9.17) is 15.0 Å². The number of allylic oxidation sites excluding steroid dienone is 1. The SMILES string of the molecule is C=C(C)CCCC(CCCO)C1CCC(c2ccc(-c3ccc(-c4ccc(CCCCC)cc4CC)cc3)cc2CC)CC1.C=C(C=O)CO.C=O.CO. The molecule has 0 aliphatic heterocycles. The fraction of sp³-hybridized carbons (Fsp3) is 0.510. The Morgan fingerprint density at radius 3 is 1.91 bits per heavy atom. The smallest absolute Gasteiger partial charge is 0.147 e. The molecule has 0 spiro atoms. The standard InChI is InChI=1S/C43H60O.C4H6O2.CH4O.CH2O/c1-6-9-10-14-33-17-27-42(34(7-2)30-33)39-24-20-38(21-25-39)41-26-28-43(35(8-3)31-41)40-22-18-37(19-23-40)36(16-12-29-44)15-11-13-32(4)5;1-4(2-5)3-6;2*1-2/h17,20-21,24-28,30-31,36-37,40,44H,4,6-16,18-19,22-23,29H2,1-3,5H3;2,6H,1,3H2;2H,1H3;1H2. The molecule has 1 saturated carbocycles. The number of aliphatic hydroxyl groups is 3. The Kier molecular flexibility index (Phi) is 25.8. The lowest BCUT2D eigenvalue weighted by Gasteiger charge is -2.35. The van der Waals surface area contributed by atoms with Crippen LogP contribution < -0.4 is 0 Å². The summed E-state index contributed by atoms with van der Waals surface area (Å²) in [5.74, 6) is 2.26. The Labute approximate surface area is 328 Å². The van der Waals surface area contributed by atoms with Gasteiger partial charge in [0.15, 0.2) is 0 Å². The quantitative estimate of drug-likeness (QED) is 0.0492. The summed E-state index contributed by atoms with van der Waals surface area (Å²) in [6, 6.07) is 23.7. The van der Waals surface area contributed by atoms with Crippen LogP contribution in [-0.2, 0) is 28.9 Å². The van der Waals surface area contributed by atoms with Crippen LogP contribution in [0, 0.1) is 11.8 Å². The Bertz CT molecular complexity index is 1480. The first-order valence-corrected chi connectivity index (χ1v) is 20.4. The highest BCUT2D eigenvalue weighted by atomic mass is 16.3. The van der Waals surface area contributed by atoms with Gasteiger partial charge in [0.2, 0.25) is 0 Å². The van der Waals surface area contributed by atoms with Crippen molar-refractivity contribution >= 4 is 13.1 Å². The van der Waals surface area contributed by atoms with Crippen molar-refractivity contribution in [1.29, 1.82) is 0 Å². The number of aliphatic hydroxyl groups excluding tert-OH is 3. The van der Waals surface area contributed by atoms with Crippen LogP contribution in [0.2, 0.25) is 0 Å². The molecule has 1 aliphatic carbocycles. The van der Waals surface area contributed by atoms with Crippen molar-refractivity contribution < 1.29 is 24.9 Å². The molecule has 0 amide bonds. The first-order chi connectivity index (χ1) is 26.3. The summed E-state index contributed by atoms with van der Waals surface area (Å²) in [4.78, 5) is 17.5. The first-order valence-electron chi connectivity index (χ1n) is 20.4. The van der Waals surface area contributed by atoms with Gasteiger partial charge < -0.3 is 20.1 Å². The van der Waals surface area contributed by atoms with Gasteiger partial charge >= 0.3 is 0 Å². The van der Waals surface area contributed by atoms with E-state index in [2.05, 4.69) is 102 Å². The second-order valence-corrected chi connectivity index (χ2v) is 14.7. The predicted molar refractivity (Wildman–Crippen MR) is 230 cm³/mol. The highest BCUT2D eigenvalue weighted by molar-refractivity contribution is 5.73. The van der Waals surface area contributed by atoms with Crippen molar-refractivity contribution in [3.8, 4) is 22.3 Å². The fourth-order valence-corrected chi connectivity index (χ4v) is 7.86. The van der Waals surface area contributed by atoms with Crippen molar-refractivity contribution in [1.82, 2.24) is 0 Å². The lowest BCUT2D eigenvalue weighted by atomic mass is 9.70. The van der Waals surface area contributed by atoms with Gasteiger partial charge in [0.1, 0.15) is 13.1 Å². The maximum Gasteiger partial charge on any atom is 0.147 e. The third-order valence-electron chi connectivity index (χ3n) is 10.8. The number of aryl methyl sites for hydroxylation is 3. The van der Waals surface area contributed by atoms with Crippen LogP contribution >= 0.6 is 0 Å². The van der Waals surface area contributed by atoms with Gasteiger partial charge in [0.05, 0.1) is 6.61 Å². The van der Waals surface area contributed by atoms with Gasteiger partial charge in [-0.3, -0.25) is 4.79 Å². The Morgan fingerprint density at radius 2 is 1.37 bits per heavy atom. The highest BCUT2D eigenvalue weighted by Gasteiger charge is 2.28. The van der Waals surface area contributed by atoms with Crippen molar-refractivity contribution in [3.05, 3.63) is 107 Å². The Balaban J connectivity index is 0.00000131. The van der Waals surface area contributed by atoms with Crippen LogP contribution in [0.1, 0.15) is 133 Å². The van der Waals surface area contributed by atoms with Crippen molar-refractivity contribution in [2.75, 3.05) is 20.3 Å². The summed E-state index contributed by atoms with van der Waals surface area (Å²) in [5, 5.41) is 24.5. The minimum absolute atomic E-state index is 0.218. The minimum atomic E-state index is -0.233. The molecule has 5 nitrogen and oxygen atoms in total. The van der Waals surface area contributed by atoms with E-state index < -0.39 is 0 Å². The zero-order chi connectivity index (χ0) is 40.3. The van der Waals surface area contributed by atoms with Gasteiger partial charge in [-0.05, 0) is 153 Å². The molecule has 0 bridgehead atoms. The van der Waals surface area contributed by atoms with Gasteiger partial charge in [0.25, 0.3) is 0 Å². The van der Waals surface area contributed by atoms with E-state index in [0.717, 1.165) is 44.6 Å². The van der Waals surface area contributed by atoms with Crippen LogP contribution in [0.25, 0.3) is 22.3 Å². The number of hydrogen-bond donors (Lipinski definition) is 3. The molecule has 3 N–H and O–H groups in total. The van der Waals surface area contributed by atoms with E-state index in [1.54, 1.807) is 5.56 Å². The molecule has 4 rings (SSSR count). The number of hydrogen-bond acceptors (Lipinski definition) is 5. The van der Waals surface area contributed by atoms with Gasteiger partial charge in [-0.25, -0.2) is 0 Å². The van der Waals surface area contributed by atoms with Gasteiger partial charge in [-0.15, -0.1) is 6.58 Å². The highest BCUT2D eigenvalue weighted by Crippen LogP contribution is 2.43. The van der Waals surface area contributed by atoms with Gasteiger partial charge in [0, 0.05) is 19.3 Å². The first kappa shape index (κ1) is 48.4. The van der Waals surface area contributed by atoms with Crippen LogP contribution in [0.5, 0.6) is 0 Å². The van der Waals surface area contributed by atoms with E-state index in [1.165, 1.54) is 115 Å². The molecular weight excluding hydrogens is 669 g/mol. The average Bonchev–Trinajstić information content (AvgIpc) is 3.23. The zero-order valence-electron chi connectivity index (χ0n) is 34.4. The Hall–Kier alpha value is -3.64. The van der Waals surface area contributed by atoms with Crippen LogP contribution in [0.15, 0.2) is 85.0 Å². The summed E-state index contributed by atoms with van der Waals surface area (Å²) in [5.41, 5.74) is 12.9. The maximum atomic E-state index is 9.49. The van der Waals surface area contributed by atoms with E-state index in [1.807, 2.05) is 6.79 Å². The third-order valence-corrected chi connectivity index (χ3v) is 10.8. The molecule has 1 atom stereocenters. The summed E-state index contributed by atoms with van der Waals surface area (Å²) in [7, 11) is 1.00. The molecule has 3 aromatic carbocycles. The second kappa shape index (κ2) is 28.8. The fourth-order valence-electron chi connectivity index (χ4n) is 7.86. The summed E-state index contributed by atoms with van der Waals surface area (Å²) < 4.78 is 0. The molecule has 1 unspecified atom stereocenters. The molecule has 1 aliphatic rings. The van der Waals surface area contributed by atoms with E-state index >= 15 is 0 Å². The molecule has 5 heteroatoms. The number of rotatable bonds is 19. The topological polar surface area (TPSA) is 94.8 Å². The molecule has 1 fully saturated rings. The van der Waals surface area contributed by atoms with Crippen LogP contribution in [0.3, 0.4) is 0 Å². The zero-order valence-corrected chi connectivity index (χ0v) is 34.4. The summed E-state index contributed by atoms with van der Waals surface area (Å²) >= 11 is 0. The van der Waals surface area contributed by atoms with Crippen LogP contribution in [0.4, 0.5) is 0 Å². The molecule has 0 saturated heterocycles. The lowest BCUT2D eigenvalue weighted by molar-refractivity contribution is -0.105. The normalized spacial score (nSPS) is 15.3. The van der Waals surface area contributed by atoms with E-state index in [9.17, 15) is 9.90 Å². The predicted octanol–water partition coefficient (Wildman–Crippen LogP) is 11.4. The van der Waals surface area contributed by atoms with Gasteiger partial charge in [-0.2, -0.15) is 0 Å². The molecule has 0 radical (unpaired) electrons. The van der Waals surface area contributed by atoms with Crippen molar-refractivity contribution in [2.45, 2.75) is 130 Å². The number of benzene rings is 3. The molecule has 0 heterocycles. The molecule has 3 aromatic rings. The molecule has 54 heavy (non-hydrogen) atoms. The minimum Gasteiger partial charge on any atom is -0.400 e. The summed E-state index contributed by atoms with van der Waals surface area (Å²) in [6.07, 6.45) is 18.8. The van der Waals surface area contributed by atoms with Gasteiger partial charge in [-0.1, -0.05) is 106 Å². The monoisotopic (exact) mass is 741 g/mol. The molecule has 298 valence electrons. The number of unbranched alkanes of at least 4 members (excludes halogenated alkanes) is 2. The number of carbonyl (C=O) groups is 2. The molecule has 0 aromatic heterocycles. The second-order valence-electron chi connectivity index (χ2n) is 14.7. The van der Waals surface area contributed by atoms with Crippen molar-refractivity contribution in [3.63, 3.8) is 0 Å². The van der Waals surface area contributed by atoms with E-state index in [-0.39, 0.29) is 12.2 Å². The number of carbonyl (C=O) groups excluding carboxylic acids is 2. The molecular formula is C49H72O5. The van der Waals surface area contributed by atoms with Crippen LogP contribution in [-0.4, -0.2) is 48.7 Å².